The molecule has 0 bridgehead atoms. The molecule has 3 rings (SSSR count). The summed E-state index contributed by atoms with van der Waals surface area (Å²) in [6.45, 7) is 0. The van der Waals surface area contributed by atoms with Crippen LogP contribution in [0.15, 0.2) is 36.7 Å². The smallest absolute Gasteiger partial charge is 0.358 e. The highest BCUT2D eigenvalue weighted by atomic mass is 16.5. The second-order valence-corrected chi connectivity index (χ2v) is 4.20. The van der Waals surface area contributed by atoms with Crippen LogP contribution in [0.2, 0.25) is 0 Å². The van der Waals surface area contributed by atoms with Gasteiger partial charge in [0.1, 0.15) is 0 Å². The number of H-pyrrole nitrogens is 2. The van der Waals surface area contributed by atoms with E-state index in [0.29, 0.717) is 5.56 Å². The van der Waals surface area contributed by atoms with Crippen molar-refractivity contribution in [1.29, 1.82) is 0 Å². The number of nitrogens with zero attached hydrogens (tertiary/aromatic N) is 1. The first-order valence-corrected chi connectivity index (χ1v) is 5.95. The van der Waals surface area contributed by atoms with Gasteiger partial charge in [-0.05, 0) is 6.07 Å². The Hall–Kier alpha value is -2.89. The van der Waals surface area contributed by atoms with E-state index in [1.54, 1.807) is 6.20 Å². The van der Waals surface area contributed by atoms with Gasteiger partial charge in [0.25, 0.3) is 0 Å². The van der Waals surface area contributed by atoms with Crippen molar-refractivity contribution in [3.05, 3.63) is 53.7 Å². The molecule has 20 heavy (non-hydrogen) atoms. The molecule has 0 aliphatic rings. The molecule has 0 atom stereocenters. The molecular weight excluding hydrogens is 258 g/mol. The minimum Gasteiger partial charge on any atom is -0.464 e. The number of carbonyl (C=O) groups is 2. The van der Waals surface area contributed by atoms with E-state index in [0.717, 1.165) is 10.9 Å². The number of aromatic nitrogens is 3. The van der Waals surface area contributed by atoms with Crippen molar-refractivity contribution in [2.75, 3.05) is 7.11 Å². The van der Waals surface area contributed by atoms with Gasteiger partial charge in [0, 0.05) is 23.3 Å². The molecule has 0 saturated carbocycles. The van der Waals surface area contributed by atoms with E-state index >= 15 is 0 Å². The van der Waals surface area contributed by atoms with E-state index in [2.05, 4.69) is 19.7 Å². The molecule has 0 radical (unpaired) electrons. The minimum absolute atomic E-state index is 0.0793. The Balaban J connectivity index is 2.00. The number of ketones is 1. The van der Waals surface area contributed by atoms with E-state index in [9.17, 15) is 9.59 Å². The molecule has 100 valence electrons. The number of hydrogen-bond acceptors (Lipinski definition) is 4. The van der Waals surface area contributed by atoms with Crippen LogP contribution in [0.4, 0.5) is 0 Å². The van der Waals surface area contributed by atoms with Crippen LogP contribution in [-0.2, 0) is 4.74 Å². The summed E-state index contributed by atoms with van der Waals surface area (Å²) in [4.78, 5) is 33.4. The average Bonchev–Trinajstić information content (AvgIpc) is 3.12. The van der Waals surface area contributed by atoms with E-state index < -0.39 is 5.97 Å². The van der Waals surface area contributed by atoms with Gasteiger partial charge in [-0.25, -0.2) is 9.78 Å². The molecule has 0 aliphatic carbocycles. The summed E-state index contributed by atoms with van der Waals surface area (Å²) in [5.41, 5.74) is 1.46. The summed E-state index contributed by atoms with van der Waals surface area (Å²) < 4.78 is 4.55. The Bertz CT molecular complexity index is 801. The molecule has 2 heterocycles. The number of nitrogens with one attached hydrogen (secondary N) is 2. The summed E-state index contributed by atoms with van der Waals surface area (Å²) in [7, 11) is 1.26. The van der Waals surface area contributed by atoms with E-state index in [1.165, 1.54) is 13.3 Å². The van der Waals surface area contributed by atoms with Crippen LogP contribution in [0.1, 0.15) is 26.7 Å². The van der Waals surface area contributed by atoms with Gasteiger partial charge in [-0.15, -0.1) is 0 Å². The van der Waals surface area contributed by atoms with Crippen molar-refractivity contribution >= 4 is 22.7 Å². The molecule has 0 fully saturated rings. The molecule has 0 spiro atoms. The van der Waals surface area contributed by atoms with Crippen LogP contribution >= 0.6 is 0 Å². The molecule has 0 amide bonds. The molecule has 2 aromatic heterocycles. The number of benzene rings is 1. The van der Waals surface area contributed by atoms with Crippen molar-refractivity contribution in [2.45, 2.75) is 0 Å². The zero-order chi connectivity index (χ0) is 14.1. The summed E-state index contributed by atoms with van der Waals surface area (Å²) in [6, 6.07) is 7.47. The largest absolute Gasteiger partial charge is 0.464 e. The van der Waals surface area contributed by atoms with Crippen molar-refractivity contribution in [3.8, 4) is 0 Å². The van der Waals surface area contributed by atoms with Crippen LogP contribution in [0.5, 0.6) is 0 Å². The van der Waals surface area contributed by atoms with E-state index in [1.807, 2.05) is 24.3 Å². The molecule has 6 heteroatoms. The monoisotopic (exact) mass is 269 g/mol. The maximum atomic E-state index is 12.4. The number of rotatable bonds is 3. The Morgan fingerprint density at radius 1 is 1.15 bits per heavy atom. The topological polar surface area (TPSA) is 87.8 Å². The molecule has 0 aliphatic heterocycles. The lowest BCUT2D eigenvalue weighted by molar-refractivity contribution is 0.0594. The van der Waals surface area contributed by atoms with Gasteiger partial charge in [-0.1, -0.05) is 18.2 Å². The number of aromatic amines is 2. The normalized spacial score (nSPS) is 10.7. The molecule has 2 N–H and O–H groups in total. The fourth-order valence-corrected chi connectivity index (χ4v) is 2.03. The molecule has 0 unspecified atom stereocenters. The summed E-state index contributed by atoms with van der Waals surface area (Å²) in [5, 5.41) is 0.813. The number of para-hydroxylation sites is 1. The Labute approximate surface area is 113 Å². The number of imidazole rings is 1. The van der Waals surface area contributed by atoms with Gasteiger partial charge in [0.05, 0.1) is 12.7 Å². The van der Waals surface area contributed by atoms with Crippen LogP contribution in [0, 0.1) is 0 Å². The van der Waals surface area contributed by atoms with Crippen molar-refractivity contribution in [2.24, 2.45) is 0 Å². The van der Waals surface area contributed by atoms with Crippen molar-refractivity contribution < 1.29 is 14.3 Å². The predicted octanol–water partition coefficient (Wildman–Crippen LogP) is 1.91. The molecule has 1 aromatic carbocycles. The standard InChI is InChI=1S/C14H11N3O3/c1-20-14(19)11-7-16-13(17-11)12(18)9-6-15-10-5-3-2-4-8(9)10/h2-7,15H,1H3,(H,16,17). The van der Waals surface area contributed by atoms with Crippen LogP contribution in [-0.4, -0.2) is 33.8 Å². The Morgan fingerprint density at radius 3 is 2.75 bits per heavy atom. The van der Waals surface area contributed by atoms with Crippen LogP contribution in [0.3, 0.4) is 0 Å². The third-order valence-electron chi connectivity index (χ3n) is 3.02. The van der Waals surface area contributed by atoms with E-state index in [4.69, 9.17) is 0 Å². The lowest BCUT2D eigenvalue weighted by Gasteiger charge is -1.95. The summed E-state index contributed by atoms with van der Waals surface area (Å²) in [5.74, 6) is -0.757. The SMILES string of the molecule is COC(=O)c1c[nH]c(C(=O)c2c[nH]c3ccccc23)n1. The number of fused-ring (bicyclic) bond motifs is 1. The number of methoxy groups -OCH3 is 1. The van der Waals surface area contributed by atoms with Gasteiger partial charge >= 0.3 is 5.97 Å². The Kier molecular flexibility index (Phi) is 2.83. The highest BCUT2D eigenvalue weighted by Crippen LogP contribution is 2.19. The Morgan fingerprint density at radius 2 is 1.95 bits per heavy atom. The van der Waals surface area contributed by atoms with Gasteiger partial charge in [-0.2, -0.15) is 0 Å². The third kappa shape index (κ3) is 1.87. The zero-order valence-electron chi connectivity index (χ0n) is 10.6. The van der Waals surface area contributed by atoms with Crippen LogP contribution in [0.25, 0.3) is 10.9 Å². The number of esters is 1. The fourth-order valence-electron chi connectivity index (χ4n) is 2.03. The quantitative estimate of drug-likeness (QED) is 0.561. The van der Waals surface area contributed by atoms with Gasteiger partial charge in [0.15, 0.2) is 11.5 Å². The summed E-state index contributed by atoms with van der Waals surface area (Å²) in [6.07, 6.45) is 2.99. The maximum absolute atomic E-state index is 12.4. The molecule has 3 aromatic rings. The van der Waals surface area contributed by atoms with Gasteiger partial charge in [0.2, 0.25) is 5.78 Å². The number of hydrogen-bond donors (Lipinski definition) is 2. The maximum Gasteiger partial charge on any atom is 0.358 e. The van der Waals surface area contributed by atoms with Gasteiger partial charge < -0.3 is 14.7 Å². The van der Waals surface area contributed by atoms with Crippen LogP contribution < -0.4 is 0 Å². The van der Waals surface area contributed by atoms with E-state index in [-0.39, 0.29) is 17.3 Å². The summed E-state index contributed by atoms with van der Waals surface area (Å²) >= 11 is 0. The second-order valence-electron chi connectivity index (χ2n) is 4.20. The minimum atomic E-state index is -0.584. The molecule has 0 saturated heterocycles. The van der Waals surface area contributed by atoms with Gasteiger partial charge in [-0.3, -0.25) is 4.79 Å². The highest BCUT2D eigenvalue weighted by Gasteiger charge is 2.19. The lowest BCUT2D eigenvalue weighted by Crippen LogP contribution is -2.05. The highest BCUT2D eigenvalue weighted by molar-refractivity contribution is 6.14. The molecule has 6 nitrogen and oxygen atoms in total. The average molecular weight is 269 g/mol. The first kappa shape index (κ1) is 12.2. The first-order valence-electron chi connectivity index (χ1n) is 5.95. The van der Waals surface area contributed by atoms with Crippen molar-refractivity contribution in [3.63, 3.8) is 0 Å². The number of carbonyl (C=O) groups excluding carboxylic acids is 2. The second kappa shape index (κ2) is 4.65. The predicted molar refractivity (Wildman–Crippen MR) is 71.7 cm³/mol. The third-order valence-corrected chi connectivity index (χ3v) is 3.02. The lowest BCUT2D eigenvalue weighted by atomic mass is 10.1. The fraction of sp³-hybridized carbons (Fsp3) is 0.0714. The number of ether oxygens (including phenoxy) is 1. The molecular formula is C14H11N3O3. The zero-order valence-corrected chi connectivity index (χ0v) is 10.6. The first-order chi connectivity index (χ1) is 9.70. The van der Waals surface area contributed by atoms with Crippen molar-refractivity contribution in [1.82, 2.24) is 15.0 Å².